The smallest absolute Gasteiger partial charge is 0.269 e. The van der Waals surface area contributed by atoms with Gasteiger partial charge in [0.25, 0.3) is 11.6 Å². The highest BCUT2D eigenvalue weighted by molar-refractivity contribution is 6.07. The molecule has 12 heteroatoms. The molecule has 48 heavy (non-hydrogen) atoms. The fraction of sp³-hybridized carbons (Fsp3) is 0.333. The standard InChI is InChI=1S/C36H38N6O6/c1-25(9-5-7-19-39-23-32(37-38-39)30(24-43)27-10-3-2-4-11-27)36(46)31-21-29(42(47)48)17-18-33(31)41(35(36)45)22-26-13-15-28(16-14-26)40-20-8-6-12-34(40)44/h2-5,9-11,13-18,21,23,25,30,43,46H,6-8,12,19-20,22,24H2,1H3/b9-5+/t25-,30?,36+/m0/s1. The number of aliphatic hydroxyl groups is 2. The van der Waals surface area contributed by atoms with Crippen LogP contribution in [0, 0.1) is 16.0 Å². The molecule has 1 unspecified atom stereocenters. The minimum absolute atomic E-state index is 0.0933. The van der Waals surface area contributed by atoms with E-state index in [0.717, 1.165) is 29.7 Å². The SMILES string of the molecule is C[C@@H](/C=C/CCn1cc(C(CO)c2ccccc2)nn1)[C@]1(O)C(=O)N(Cc2ccc(N3CCCCC3=O)cc2)c2ccc([N+](=O)[O-])cc21. The van der Waals surface area contributed by atoms with Crippen LogP contribution in [0.15, 0.2) is 91.1 Å². The van der Waals surface area contributed by atoms with Crippen molar-refractivity contribution in [2.45, 2.75) is 57.2 Å². The summed E-state index contributed by atoms with van der Waals surface area (Å²) in [7, 11) is 0. The minimum atomic E-state index is -2.03. The first-order valence-corrected chi connectivity index (χ1v) is 16.2. The lowest BCUT2D eigenvalue weighted by atomic mass is 9.82. The van der Waals surface area contributed by atoms with Crippen molar-refractivity contribution in [2.75, 3.05) is 23.0 Å². The molecule has 12 nitrogen and oxygen atoms in total. The van der Waals surface area contributed by atoms with Gasteiger partial charge in [0, 0.05) is 55.0 Å². The number of aromatic nitrogens is 3. The maximum Gasteiger partial charge on any atom is 0.269 e. The second-order valence-corrected chi connectivity index (χ2v) is 12.3. The molecule has 4 aromatic rings. The topological polar surface area (TPSA) is 155 Å². The first-order chi connectivity index (χ1) is 23.2. The maximum atomic E-state index is 14.0. The lowest BCUT2D eigenvalue weighted by Crippen LogP contribution is -2.44. The van der Waals surface area contributed by atoms with Gasteiger partial charge < -0.3 is 20.0 Å². The first-order valence-electron chi connectivity index (χ1n) is 16.2. The molecule has 0 spiro atoms. The summed E-state index contributed by atoms with van der Waals surface area (Å²) in [5, 5.41) is 42.1. The van der Waals surface area contributed by atoms with E-state index in [1.807, 2.05) is 60.7 Å². The third-order valence-corrected chi connectivity index (χ3v) is 9.28. The van der Waals surface area contributed by atoms with E-state index in [0.29, 0.717) is 37.3 Å². The Kier molecular flexibility index (Phi) is 9.47. The van der Waals surface area contributed by atoms with E-state index in [-0.39, 0.29) is 36.2 Å². The molecule has 3 heterocycles. The van der Waals surface area contributed by atoms with Crippen LogP contribution in [0.1, 0.15) is 60.9 Å². The number of amides is 2. The number of rotatable bonds is 12. The fourth-order valence-electron chi connectivity index (χ4n) is 6.53. The molecule has 0 radical (unpaired) electrons. The van der Waals surface area contributed by atoms with Gasteiger partial charge in [0.1, 0.15) is 0 Å². The van der Waals surface area contributed by atoms with Crippen molar-refractivity contribution in [1.29, 1.82) is 0 Å². The van der Waals surface area contributed by atoms with Crippen molar-refractivity contribution in [2.24, 2.45) is 5.92 Å². The quantitative estimate of drug-likeness (QED) is 0.125. The van der Waals surface area contributed by atoms with Crippen LogP contribution in [-0.2, 0) is 28.3 Å². The largest absolute Gasteiger partial charge is 0.395 e. The Bertz CT molecular complexity index is 1820. The number of carbonyl (C=O) groups is 2. The van der Waals surface area contributed by atoms with Crippen molar-refractivity contribution >= 4 is 28.9 Å². The van der Waals surface area contributed by atoms with Crippen LogP contribution in [0.4, 0.5) is 17.1 Å². The van der Waals surface area contributed by atoms with Gasteiger partial charge in [0.15, 0.2) is 5.60 Å². The van der Waals surface area contributed by atoms with Crippen LogP contribution < -0.4 is 9.80 Å². The number of fused-ring (bicyclic) bond motifs is 1. The molecule has 0 saturated carbocycles. The Hall–Kier alpha value is -5.20. The lowest BCUT2D eigenvalue weighted by Gasteiger charge is -2.28. The number of hydrogen-bond acceptors (Lipinski definition) is 8. The van der Waals surface area contributed by atoms with Gasteiger partial charge in [0.05, 0.1) is 35.4 Å². The molecule has 2 N–H and O–H groups in total. The number of benzene rings is 3. The monoisotopic (exact) mass is 650 g/mol. The molecule has 0 aliphatic carbocycles. The normalized spacial score (nSPS) is 19.1. The molecular weight excluding hydrogens is 612 g/mol. The molecular formula is C36H38N6O6. The number of hydrogen-bond donors (Lipinski definition) is 2. The Morgan fingerprint density at radius 2 is 1.83 bits per heavy atom. The van der Waals surface area contributed by atoms with Crippen LogP contribution >= 0.6 is 0 Å². The molecule has 3 atom stereocenters. The van der Waals surface area contributed by atoms with Gasteiger partial charge >= 0.3 is 0 Å². The fourth-order valence-corrected chi connectivity index (χ4v) is 6.53. The zero-order valence-corrected chi connectivity index (χ0v) is 26.7. The van der Waals surface area contributed by atoms with Gasteiger partial charge in [-0.3, -0.25) is 24.4 Å². The number of piperidine rings is 1. The minimum Gasteiger partial charge on any atom is -0.395 e. The van der Waals surface area contributed by atoms with Crippen molar-refractivity contribution < 1.29 is 24.7 Å². The van der Waals surface area contributed by atoms with Crippen molar-refractivity contribution in [3.8, 4) is 0 Å². The average Bonchev–Trinajstić information content (AvgIpc) is 3.65. The number of anilines is 2. The van der Waals surface area contributed by atoms with E-state index in [9.17, 15) is 29.9 Å². The summed E-state index contributed by atoms with van der Waals surface area (Å²) < 4.78 is 1.68. The van der Waals surface area contributed by atoms with E-state index in [1.54, 1.807) is 28.8 Å². The third kappa shape index (κ3) is 6.36. The Morgan fingerprint density at radius 1 is 1.06 bits per heavy atom. The maximum absolute atomic E-state index is 14.0. The summed E-state index contributed by atoms with van der Waals surface area (Å²) in [4.78, 5) is 40.8. The molecule has 3 aromatic carbocycles. The summed E-state index contributed by atoms with van der Waals surface area (Å²) in [5.41, 5.74) is 1.54. The number of nitro groups is 1. The molecule has 1 saturated heterocycles. The van der Waals surface area contributed by atoms with Gasteiger partial charge in [-0.25, -0.2) is 0 Å². The summed E-state index contributed by atoms with van der Waals surface area (Å²) in [6.45, 7) is 2.90. The number of nitrogens with zero attached hydrogens (tertiary/aromatic N) is 6. The van der Waals surface area contributed by atoms with Gasteiger partial charge in [-0.05, 0) is 48.6 Å². The van der Waals surface area contributed by atoms with Gasteiger partial charge in [0.2, 0.25) is 5.91 Å². The average molecular weight is 651 g/mol. The van der Waals surface area contributed by atoms with Crippen molar-refractivity contribution in [1.82, 2.24) is 15.0 Å². The summed E-state index contributed by atoms with van der Waals surface area (Å²) in [5.74, 6) is -1.48. The number of aliphatic hydroxyl groups excluding tert-OH is 1. The molecule has 1 aromatic heterocycles. The number of carbonyl (C=O) groups excluding carboxylic acids is 2. The number of aryl methyl sites for hydroxylation is 1. The molecule has 1 fully saturated rings. The highest BCUT2D eigenvalue weighted by atomic mass is 16.6. The molecule has 0 bridgehead atoms. The van der Waals surface area contributed by atoms with Crippen LogP contribution in [0.5, 0.6) is 0 Å². The number of nitro benzene ring substituents is 1. The summed E-state index contributed by atoms with van der Waals surface area (Å²) in [6.07, 6.45) is 8.27. The highest BCUT2D eigenvalue weighted by Crippen LogP contribution is 2.47. The number of non-ortho nitro benzene ring substituents is 1. The third-order valence-electron chi connectivity index (χ3n) is 9.28. The Labute approximate surface area is 278 Å². The van der Waals surface area contributed by atoms with E-state index in [4.69, 9.17) is 0 Å². The van der Waals surface area contributed by atoms with Crippen LogP contribution in [0.25, 0.3) is 0 Å². The lowest BCUT2D eigenvalue weighted by molar-refractivity contribution is -0.385. The second kappa shape index (κ2) is 13.9. The van der Waals surface area contributed by atoms with E-state index >= 15 is 0 Å². The zero-order valence-electron chi connectivity index (χ0n) is 26.7. The van der Waals surface area contributed by atoms with Crippen LogP contribution in [-0.4, -0.2) is 55.1 Å². The summed E-state index contributed by atoms with van der Waals surface area (Å²) >= 11 is 0. The van der Waals surface area contributed by atoms with Gasteiger partial charge in [-0.1, -0.05) is 66.8 Å². The molecule has 2 aliphatic rings. The molecule has 6 rings (SSSR count). The van der Waals surface area contributed by atoms with Gasteiger partial charge in [-0.2, -0.15) is 0 Å². The molecule has 2 amide bonds. The van der Waals surface area contributed by atoms with Gasteiger partial charge in [-0.15, -0.1) is 5.10 Å². The Balaban J connectivity index is 1.17. The highest BCUT2D eigenvalue weighted by Gasteiger charge is 2.53. The molecule has 2 aliphatic heterocycles. The zero-order chi connectivity index (χ0) is 33.8. The van der Waals surface area contributed by atoms with E-state index < -0.39 is 22.3 Å². The first kappa shape index (κ1) is 32.7. The van der Waals surface area contributed by atoms with E-state index in [1.165, 1.54) is 23.1 Å². The second-order valence-electron chi connectivity index (χ2n) is 12.3. The van der Waals surface area contributed by atoms with Crippen molar-refractivity contribution in [3.05, 3.63) is 124 Å². The predicted molar refractivity (Wildman–Crippen MR) is 179 cm³/mol. The van der Waals surface area contributed by atoms with Crippen LogP contribution in [0.2, 0.25) is 0 Å². The Morgan fingerprint density at radius 3 is 2.54 bits per heavy atom. The van der Waals surface area contributed by atoms with Crippen LogP contribution in [0.3, 0.4) is 0 Å². The predicted octanol–water partition coefficient (Wildman–Crippen LogP) is 4.84. The molecule has 248 valence electrons. The number of allylic oxidation sites excluding steroid dienone is 1. The summed E-state index contributed by atoms with van der Waals surface area (Å²) in [6, 6.07) is 21.1. The van der Waals surface area contributed by atoms with Crippen molar-refractivity contribution in [3.63, 3.8) is 0 Å². The van der Waals surface area contributed by atoms with E-state index in [2.05, 4.69) is 10.3 Å².